The summed E-state index contributed by atoms with van der Waals surface area (Å²) in [4.78, 5) is 10.9. The Kier molecular flexibility index (Phi) is 11.9. The minimum Gasteiger partial charge on any atom is -0.462 e. The first-order valence-corrected chi connectivity index (χ1v) is 5.70. The fraction of sp³-hybridized carbons (Fsp3) is 0.909. The second-order valence-electron chi connectivity index (χ2n) is 3.08. The Morgan fingerprint density at radius 1 is 0.875 bits per heavy atom. The summed E-state index contributed by atoms with van der Waals surface area (Å²) in [6.07, 6.45) is 1.01. The van der Waals surface area contributed by atoms with Crippen LogP contribution in [0.2, 0.25) is 0 Å². The highest BCUT2D eigenvalue weighted by molar-refractivity contribution is 5.70. The molecule has 0 saturated heterocycles. The summed E-state index contributed by atoms with van der Waals surface area (Å²) in [5.74, 6) is -0.354. The molecule has 5 heteroatoms. The number of hydrogen-bond donors (Lipinski definition) is 0. The van der Waals surface area contributed by atoms with Gasteiger partial charge in [-0.2, -0.15) is 0 Å². The number of esters is 1. The molecule has 0 N–H and O–H groups in total. The molecular weight excluding hydrogens is 212 g/mol. The fourth-order valence-electron chi connectivity index (χ4n) is 0.908. The zero-order chi connectivity index (χ0) is 12.1. The van der Waals surface area contributed by atoms with Crippen LogP contribution >= 0.6 is 0 Å². The van der Waals surface area contributed by atoms with Gasteiger partial charge in [0.2, 0.25) is 0 Å². The molecule has 0 aliphatic rings. The highest BCUT2D eigenvalue weighted by atomic mass is 16.6. The number of rotatable bonds is 11. The maximum Gasteiger partial charge on any atom is 0.332 e. The molecule has 0 aromatic rings. The number of carbonyl (C=O) groups excluding carboxylic acids is 1. The van der Waals surface area contributed by atoms with Crippen LogP contribution in [0.25, 0.3) is 0 Å². The van der Waals surface area contributed by atoms with Gasteiger partial charge in [0.05, 0.1) is 19.8 Å². The molecule has 0 rings (SSSR count). The van der Waals surface area contributed by atoms with Crippen LogP contribution in [0.3, 0.4) is 0 Å². The summed E-state index contributed by atoms with van der Waals surface area (Å²) in [5, 5.41) is 0. The van der Waals surface area contributed by atoms with Crippen LogP contribution in [0.1, 0.15) is 20.3 Å². The Balaban J connectivity index is 3.05. The molecule has 0 unspecified atom stereocenters. The van der Waals surface area contributed by atoms with Crippen LogP contribution in [-0.2, 0) is 23.7 Å². The van der Waals surface area contributed by atoms with Crippen molar-refractivity contribution < 1.29 is 23.7 Å². The summed E-state index contributed by atoms with van der Waals surface area (Å²) < 4.78 is 20.1. The molecule has 0 atom stereocenters. The Morgan fingerprint density at radius 2 is 1.50 bits per heavy atom. The lowest BCUT2D eigenvalue weighted by Crippen LogP contribution is -2.16. The highest BCUT2D eigenvalue weighted by Crippen LogP contribution is 1.85. The predicted octanol–water partition coefficient (Wildman–Crippen LogP) is 1.01. The van der Waals surface area contributed by atoms with Crippen molar-refractivity contribution in [3.05, 3.63) is 0 Å². The van der Waals surface area contributed by atoms with Crippen molar-refractivity contribution in [3.8, 4) is 0 Å². The quantitative estimate of drug-likeness (QED) is 0.394. The molecule has 0 saturated carbocycles. The Bertz CT molecular complexity index is 160. The molecule has 16 heavy (non-hydrogen) atoms. The van der Waals surface area contributed by atoms with E-state index < -0.39 is 0 Å². The van der Waals surface area contributed by atoms with Gasteiger partial charge in [0.1, 0.15) is 13.2 Å². The van der Waals surface area contributed by atoms with Crippen LogP contribution in [0.15, 0.2) is 0 Å². The summed E-state index contributed by atoms with van der Waals surface area (Å²) in [6, 6.07) is 0. The summed E-state index contributed by atoms with van der Waals surface area (Å²) in [6.45, 7) is 6.94. The Labute approximate surface area is 97.0 Å². The van der Waals surface area contributed by atoms with Crippen molar-refractivity contribution in [1.82, 2.24) is 0 Å². The lowest BCUT2D eigenvalue weighted by Gasteiger charge is -2.06. The van der Waals surface area contributed by atoms with E-state index >= 15 is 0 Å². The van der Waals surface area contributed by atoms with Crippen LogP contribution in [0, 0.1) is 0 Å². The molecule has 0 amide bonds. The Morgan fingerprint density at radius 3 is 2.12 bits per heavy atom. The highest BCUT2D eigenvalue weighted by Gasteiger charge is 2.01. The van der Waals surface area contributed by atoms with Crippen LogP contribution in [0.4, 0.5) is 0 Å². The molecular formula is C11H22O5. The molecule has 0 aromatic carbocycles. The normalized spacial score (nSPS) is 10.4. The summed E-state index contributed by atoms with van der Waals surface area (Å²) >= 11 is 0. The summed E-state index contributed by atoms with van der Waals surface area (Å²) in [7, 11) is 0. The second kappa shape index (κ2) is 12.4. The minimum atomic E-state index is -0.354. The van der Waals surface area contributed by atoms with Gasteiger partial charge in [0.15, 0.2) is 0 Å². The van der Waals surface area contributed by atoms with Crippen molar-refractivity contribution in [1.29, 1.82) is 0 Å². The van der Waals surface area contributed by atoms with E-state index in [1.165, 1.54) is 0 Å². The average Bonchev–Trinajstić information content (AvgIpc) is 2.30. The SMILES string of the molecule is CCCOCCOCCOC(=O)COCC. The molecule has 0 heterocycles. The van der Waals surface area contributed by atoms with Crippen molar-refractivity contribution in [3.63, 3.8) is 0 Å². The van der Waals surface area contributed by atoms with Gasteiger partial charge in [-0.05, 0) is 13.3 Å². The van der Waals surface area contributed by atoms with Gasteiger partial charge in [-0.1, -0.05) is 6.92 Å². The average molecular weight is 234 g/mol. The second-order valence-corrected chi connectivity index (χ2v) is 3.08. The van der Waals surface area contributed by atoms with Crippen LogP contribution in [-0.4, -0.2) is 52.2 Å². The molecule has 0 spiro atoms. The first kappa shape index (κ1) is 15.3. The molecule has 0 bridgehead atoms. The third-order valence-electron chi connectivity index (χ3n) is 1.64. The standard InChI is InChI=1S/C11H22O5/c1-3-5-14-6-7-15-8-9-16-11(12)10-13-4-2/h3-10H2,1-2H3. The minimum absolute atomic E-state index is 0.0100. The number of carbonyl (C=O) groups is 1. The van der Waals surface area contributed by atoms with Gasteiger partial charge in [-0.3, -0.25) is 0 Å². The van der Waals surface area contributed by atoms with E-state index in [1.807, 2.05) is 6.92 Å². The molecule has 0 aliphatic heterocycles. The molecule has 5 nitrogen and oxygen atoms in total. The molecule has 0 aromatic heterocycles. The largest absolute Gasteiger partial charge is 0.462 e. The molecule has 0 radical (unpaired) electrons. The zero-order valence-corrected chi connectivity index (χ0v) is 10.2. The van der Waals surface area contributed by atoms with Gasteiger partial charge < -0.3 is 18.9 Å². The maximum absolute atomic E-state index is 10.9. The van der Waals surface area contributed by atoms with Crippen LogP contribution in [0.5, 0.6) is 0 Å². The monoisotopic (exact) mass is 234 g/mol. The lowest BCUT2D eigenvalue weighted by molar-refractivity contribution is -0.150. The van der Waals surface area contributed by atoms with Crippen molar-refractivity contribution >= 4 is 5.97 Å². The van der Waals surface area contributed by atoms with Crippen molar-refractivity contribution in [2.24, 2.45) is 0 Å². The fourth-order valence-corrected chi connectivity index (χ4v) is 0.908. The zero-order valence-electron chi connectivity index (χ0n) is 10.2. The first-order chi connectivity index (χ1) is 7.81. The summed E-state index contributed by atoms with van der Waals surface area (Å²) in [5.41, 5.74) is 0. The van der Waals surface area contributed by atoms with E-state index in [9.17, 15) is 4.79 Å². The number of ether oxygens (including phenoxy) is 4. The van der Waals surface area contributed by atoms with Crippen molar-refractivity contribution in [2.45, 2.75) is 20.3 Å². The molecule has 96 valence electrons. The predicted molar refractivity (Wildman–Crippen MR) is 59.4 cm³/mol. The van der Waals surface area contributed by atoms with Crippen LogP contribution < -0.4 is 0 Å². The third-order valence-corrected chi connectivity index (χ3v) is 1.64. The first-order valence-electron chi connectivity index (χ1n) is 5.70. The van der Waals surface area contributed by atoms with E-state index in [-0.39, 0.29) is 19.2 Å². The smallest absolute Gasteiger partial charge is 0.332 e. The number of hydrogen-bond acceptors (Lipinski definition) is 5. The lowest BCUT2D eigenvalue weighted by atomic mass is 10.5. The van der Waals surface area contributed by atoms with Gasteiger partial charge in [-0.15, -0.1) is 0 Å². The molecule has 0 aliphatic carbocycles. The van der Waals surface area contributed by atoms with Crippen molar-refractivity contribution in [2.75, 3.05) is 46.2 Å². The van der Waals surface area contributed by atoms with Gasteiger partial charge >= 0.3 is 5.97 Å². The van der Waals surface area contributed by atoms with Gasteiger partial charge in [-0.25, -0.2) is 4.79 Å². The molecule has 0 fully saturated rings. The topological polar surface area (TPSA) is 54.0 Å². The third kappa shape index (κ3) is 11.4. The van der Waals surface area contributed by atoms with Gasteiger partial charge in [0.25, 0.3) is 0 Å². The van der Waals surface area contributed by atoms with E-state index in [1.54, 1.807) is 0 Å². The van der Waals surface area contributed by atoms with E-state index in [4.69, 9.17) is 18.9 Å². The van der Waals surface area contributed by atoms with E-state index in [0.717, 1.165) is 13.0 Å². The Hall–Kier alpha value is -0.650. The van der Waals surface area contributed by atoms with Gasteiger partial charge in [0, 0.05) is 13.2 Å². The maximum atomic E-state index is 10.9. The van der Waals surface area contributed by atoms with E-state index in [0.29, 0.717) is 26.4 Å². The van der Waals surface area contributed by atoms with E-state index in [2.05, 4.69) is 6.92 Å².